The van der Waals surface area contributed by atoms with Crippen LogP contribution < -0.4 is 10.6 Å². The molecular weight excluding hydrogens is 408 g/mol. The first-order chi connectivity index (χ1) is 15.5. The number of carbonyl (C=O) groups excluding carboxylic acids is 3. The van der Waals surface area contributed by atoms with E-state index in [1.807, 2.05) is 43.3 Å². The molecule has 2 N–H and O–H groups in total. The van der Waals surface area contributed by atoms with Crippen molar-refractivity contribution in [2.45, 2.75) is 38.6 Å². The molecule has 1 atom stereocenters. The first-order valence-corrected chi connectivity index (χ1v) is 11.0. The van der Waals surface area contributed by atoms with Crippen molar-refractivity contribution in [1.29, 1.82) is 0 Å². The summed E-state index contributed by atoms with van der Waals surface area (Å²) in [6.45, 7) is 5.04. The summed E-state index contributed by atoms with van der Waals surface area (Å²) < 4.78 is 10.7. The van der Waals surface area contributed by atoms with Crippen molar-refractivity contribution in [3.63, 3.8) is 0 Å². The zero-order chi connectivity index (χ0) is 22.9. The van der Waals surface area contributed by atoms with Crippen molar-refractivity contribution in [2.24, 2.45) is 0 Å². The van der Waals surface area contributed by atoms with E-state index in [1.165, 1.54) is 6.92 Å². The molecule has 0 bridgehead atoms. The van der Waals surface area contributed by atoms with E-state index in [1.54, 1.807) is 0 Å². The topological polar surface area (TPSA) is 93.7 Å². The number of alkyl carbamates (subject to hydrolysis) is 1. The highest BCUT2D eigenvalue weighted by Gasteiger charge is 2.29. The Morgan fingerprint density at radius 2 is 1.62 bits per heavy atom. The number of amides is 2. The molecule has 0 spiro atoms. The number of fused-ring (bicyclic) bond motifs is 3. The average Bonchev–Trinajstić information content (AvgIpc) is 3.11. The lowest BCUT2D eigenvalue weighted by molar-refractivity contribution is -0.126. The quantitative estimate of drug-likeness (QED) is 0.525. The molecule has 2 amide bonds. The van der Waals surface area contributed by atoms with Crippen LogP contribution in [-0.4, -0.2) is 50.2 Å². The van der Waals surface area contributed by atoms with Gasteiger partial charge in [0.15, 0.2) is 5.78 Å². The van der Waals surface area contributed by atoms with Gasteiger partial charge in [-0.1, -0.05) is 48.5 Å². The number of benzene rings is 2. The van der Waals surface area contributed by atoms with Gasteiger partial charge >= 0.3 is 6.09 Å². The normalized spacial score (nSPS) is 13.1. The van der Waals surface area contributed by atoms with Crippen molar-refractivity contribution in [3.05, 3.63) is 59.7 Å². The molecule has 1 unspecified atom stereocenters. The van der Waals surface area contributed by atoms with Crippen molar-refractivity contribution in [3.8, 4) is 11.1 Å². The van der Waals surface area contributed by atoms with Crippen LogP contribution in [0.15, 0.2) is 48.5 Å². The third kappa shape index (κ3) is 5.95. The summed E-state index contributed by atoms with van der Waals surface area (Å²) in [5.41, 5.74) is 4.49. The maximum absolute atomic E-state index is 12.4. The van der Waals surface area contributed by atoms with E-state index >= 15 is 0 Å². The Hall–Kier alpha value is -3.19. The monoisotopic (exact) mass is 438 g/mol. The van der Waals surface area contributed by atoms with Crippen molar-refractivity contribution in [1.82, 2.24) is 10.6 Å². The second kappa shape index (κ2) is 11.4. The molecule has 3 rings (SSSR count). The maximum atomic E-state index is 12.4. The Balaban J connectivity index is 1.53. The first kappa shape index (κ1) is 23.5. The van der Waals surface area contributed by atoms with Crippen LogP contribution >= 0.6 is 0 Å². The third-order valence-electron chi connectivity index (χ3n) is 5.51. The average molecular weight is 439 g/mol. The fourth-order valence-electron chi connectivity index (χ4n) is 3.88. The smallest absolute Gasteiger partial charge is 0.407 e. The van der Waals surface area contributed by atoms with Crippen LogP contribution in [0.25, 0.3) is 11.1 Å². The Morgan fingerprint density at radius 1 is 1.00 bits per heavy atom. The Kier molecular flexibility index (Phi) is 8.39. The molecular formula is C25H30N2O5. The zero-order valence-corrected chi connectivity index (χ0v) is 18.6. The number of ether oxygens (including phenoxy) is 2. The third-order valence-corrected chi connectivity index (χ3v) is 5.51. The van der Waals surface area contributed by atoms with Gasteiger partial charge < -0.3 is 20.1 Å². The summed E-state index contributed by atoms with van der Waals surface area (Å²) in [4.78, 5) is 36.5. The van der Waals surface area contributed by atoms with Gasteiger partial charge in [0.2, 0.25) is 5.91 Å². The fourth-order valence-corrected chi connectivity index (χ4v) is 3.88. The standard InChI is InChI=1S/C25H30N2O5/c1-3-31-14-8-13-26-24(29)15-23(17(2)28)27-25(30)32-16-22-20-11-6-4-9-18(20)19-10-5-7-12-21(19)22/h4-7,9-12,22-23H,3,8,13-16H2,1-2H3,(H,26,29)(H,27,30). The molecule has 7 heteroatoms. The van der Waals surface area contributed by atoms with Gasteiger partial charge in [-0.3, -0.25) is 9.59 Å². The SMILES string of the molecule is CCOCCCNC(=O)CC(NC(=O)OCC1c2ccccc2-c2ccccc21)C(C)=O. The van der Waals surface area contributed by atoms with E-state index < -0.39 is 12.1 Å². The predicted octanol–water partition coefficient (Wildman–Crippen LogP) is 3.42. The highest BCUT2D eigenvalue weighted by atomic mass is 16.5. The van der Waals surface area contributed by atoms with Crippen LogP contribution in [0, 0.1) is 0 Å². The number of nitrogens with one attached hydrogen (secondary N) is 2. The number of rotatable bonds is 11. The summed E-state index contributed by atoms with van der Waals surface area (Å²) in [7, 11) is 0. The molecule has 0 aliphatic heterocycles. The van der Waals surface area contributed by atoms with E-state index in [9.17, 15) is 14.4 Å². The summed E-state index contributed by atoms with van der Waals surface area (Å²) in [5, 5.41) is 5.27. The summed E-state index contributed by atoms with van der Waals surface area (Å²) >= 11 is 0. The highest BCUT2D eigenvalue weighted by molar-refractivity contribution is 5.90. The second-order valence-corrected chi connectivity index (χ2v) is 7.74. The molecule has 170 valence electrons. The molecule has 2 aromatic rings. The van der Waals surface area contributed by atoms with Crippen molar-refractivity contribution >= 4 is 17.8 Å². The molecule has 0 saturated carbocycles. The minimum absolute atomic E-state index is 0.0717. The molecule has 0 saturated heterocycles. The lowest BCUT2D eigenvalue weighted by atomic mass is 9.98. The molecule has 0 fully saturated rings. The number of hydrogen-bond donors (Lipinski definition) is 2. The Labute approximate surface area is 188 Å². The summed E-state index contributed by atoms with van der Waals surface area (Å²) in [5.74, 6) is -0.679. The number of Topliss-reactive ketones (excluding diaryl/α,β-unsaturated/α-hetero) is 1. The molecule has 1 aliphatic rings. The van der Waals surface area contributed by atoms with Crippen LogP contribution in [0.1, 0.15) is 43.7 Å². The van der Waals surface area contributed by atoms with Crippen LogP contribution in [0.3, 0.4) is 0 Å². The largest absolute Gasteiger partial charge is 0.449 e. The number of ketones is 1. The van der Waals surface area contributed by atoms with E-state index in [4.69, 9.17) is 9.47 Å². The maximum Gasteiger partial charge on any atom is 0.407 e. The van der Waals surface area contributed by atoms with Gasteiger partial charge in [0.25, 0.3) is 0 Å². The van der Waals surface area contributed by atoms with Crippen molar-refractivity contribution < 1.29 is 23.9 Å². The molecule has 1 aliphatic carbocycles. The van der Waals surface area contributed by atoms with E-state index in [0.29, 0.717) is 26.2 Å². The van der Waals surface area contributed by atoms with Gasteiger partial charge in [0.05, 0.1) is 12.5 Å². The van der Waals surface area contributed by atoms with Gasteiger partial charge in [0.1, 0.15) is 6.61 Å². The Morgan fingerprint density at radius 3 is 2.22 bits per heavy atom. The second-order valence-electron chi connectivity index (χ2n) is 7.74. The summed E-state index contributed by atoms with van der Waals surface area (Å²) in [6.07, 6.45) is -0.158. The van der Waals surface area contributed by atoms with Crippen LogP contribution in [0.5, 0.6) is 0 Å². The Bertz CT molecular complexity index is 913. The lowest BCUT2D eigenvalue weighted by Crippen LogP contribution is -2.44. The van der Waals surface area contributed by atoms with E-state index in [2.05, 4.69) is 22.8 Å². The summed E-state index contributed by atoms with van der Waals surface area (Å²) in [6, 6.07) is 15.2. The molecule has 0 heterocycles. The fraction of sp³-hybridized carbons (Fsp3) is 0.400. The van der Waals surface area contributed by atoms with Gasteiger partial charge in [-0.25, -0.2) is 4.79 Å². The molecule has 0 aromatic heterocycles. The van der Waals surface area contributed by atoms with Crippen molar-refractivity contribution in [2.75, 3.05) is 26.4 Å². The van der Waals surface area contributed by atoms with Crippen LogP contribution in [0.4, 0.5) is 4.79 Å². The zero-order valence-electron chi connectivity index (χ0n) is 18.6. The van der Waals surface area contributed by atoms with Crippen LogP contribution in [-0.2, 0) is 19.1 Å². The van der Waals surface area contributed by atoms with E-state index in [-0.39, 0.29) is 30.6 Å². The minimum atomic E-state index is -0.933. The molecule has 2 aromatic carbocycles. The molecule has 7 nitrogen and oxygen atoms in total. The van der Waals surface area contributed by atoms with Gasteiger partial charge in [0, 0.05) is 25.7 Å². The van der Waals surface area contributed by atoms with Crippen LogP contribution in [0.2, 0.25) is 0 Å². The highest BCUT2D eigenvalue weighted by Crippen LogP contribution is 2.44. The van der Waals surface area contributed by atoms with Gasteiger partial charge in [-0.15, -0.1) is 0 Å². The molecule has 0 radical (unpaired) electrons. The van der Waals surface area contributed by atoms with E-state index in [0.717, 1.165) is 22.3 Å². The number of hydrogen-bond acceptors (Lipinski definition) is 5. The number of carbonyl (C=O) groups is 3. The first-order valence-electron chi connectivity index (χ1n) is 11.0. The minimum Gasteiger partial charge on any atom is -0.449 e. The van der Waals surface area contributed by atoms with Gasteiger partial charge in [-0.05, 0) is 42.5 Å². The predicted molar refractivity (Wildman–Crippen MR) is 121 cm³/mol. The van der Waals surface area contributed by atoms with Gasteiger partial charge in [-0.2, -0.15) is 0 Å². The molecule has 32 heavy (non-hydrogen) atoms. The lowest BCUT2D eigenvalue weighted by Gasteiger charge is -2.18.